The molecule has 31 heavy (non-hydrogen) atoms. The van der Waals surface area contributed by atoms with E-state index < -0.39 is 6.10 Å². The Morgan fingerprint density at radius 2 is 1.55 bits per heavy atom. The normalized spacial score (nSPS) is 12.7. The Labute approximate surface area is 183 Å². The summed E-state index contributed by atoms with van der Waals surface area (Å²) in [5, 5.41) is 23.7. The summed E-state index contributed by atoms with van der Waals surface area (Å²) < 4.78 is 16.3. The van der Waals surface area contributed by atoms with Crippen LogP contribution in [-0.4, -0.2) is 43.7 Å². The molecule has 1 unspecified atom stereocenters. The first kappa shape index (κ1) is 22.5. The third kappa shape index (κ3) is 6.38. The average molecular weight is 424 g/mol. The maximum atomic E-state index is 10.4. The number of hydrogen-bond donors (Lipinski definition) is 3. The Bertz CT molecular complexity index is 948. The largest absolute Gasteiger partial charge is 0.504 e. The van der Waals surface area contributed by atoms with Gasteiger partial charge in [-0.3, -0.25) is 0 Å². The molecule has 0 heterocycles. The fraction of sp³-hybridized carbons (Fsp3) is 0.280. The number of ether oxygens (including phenoxy) is 3. The highest BCUT2D eigenvalue weighted by atomic mass is 16.5. The van der Waals surface area contributed by atoms with Crippen molar-refractivity contribution in [2.75, 3.05) is 27.4 Å². The second-order valence-corrected chi connectivity index (χ2v) is 7.20. The highest BCUT2D eigenvalue weighted by Crippen LogP contribution is 2.31. The molecule has 3 N–H and O–H groups in total. The van der Waals surface area contributed by atoms with E-state index in [9.17, 15) is 10.2 Å². The van der Waals surface area contributed by atoms with E-state index in [1.54, 1.807) is 38.5 Å². The highest BCUT2D eigenvalue weighted by molar-refractivity contribution is 5.44. The summed E-state index contributed by atoms with van der Waals surface area (Å²) in [6, 6.07) is 22.6. The zero-order valence-electron chi connectivity index (χ0n) is 17.8. The first-order valence-electron chi connectivity index (χ1n) is 10.2. The number of phenols is 1. The van der Waals surface area contributed by atoms with Gasteiger partial charge < -0.3 is 29.7 Å². The zero-order chi connectivity index (χ0) is 22.1. The van der Waals surface area contributed by atoms with Gasteiger partial charge in [0.05, 0.1) is 14.2 Å². The Balaban J connectivity index is 1.68. The fourth-order valence-electron chi connectivity index (χ4n) is 3.33. The van der Waals surface area contributed by atoms with E-state index in [4.69, 9.17) is 14.2 Å². The first-order valence-corrected chi connectivity index (χ1v) is 10.2. The van der Waals surface area contributed by atoms with Crippen molar-refractivity contribution in [2.45, 2.75) is 18.6 Å². The van der Waals surface area contributed by atoms with Crippen molar-refractivity contribution in [3.05, 3.63) is 83.9 Å². The fourth-order valence-corrected chi connectivity index (χ4v) is 3.33. The molecule has 3 rings (SSSR count). The van der Waals surface area contributed by atoms with Crippen LogP contribution in [0.2, 0.25) is 0 Å². The van der Waals surface area contributed by atoms with E-state index >= 15 is 0 Å². The number of nitrogens with one attached hydrogen (secondary N) is 1. The number of aliphatic hydroxyl groups is 1. The molecule has 0 amide bonds. The number of phenolic OH excluding ortho intramolecular Hbond substituents is 1. The number of methoxy groups -OCH3 is 2. The molecule has 164 valence electrons. The van der Waals surface area contributed by atoms with Gasteiger partial charge in [0.15, 0.2) is 23.0 Å². The molecule has 3 aromatic carbocycles. The number of hydrogen-bond acceptors (Lipinski definition) is 6. The molecule has 0 spiro atoms. The van der Waals surface area contributed by atoms with Crippen molar-refractivity contribution in [1.29, 1.82) is 0 Å². The molecule has 0 radical (unpaired) electrons. The van der Waals surface area contributed by atoms with Crippen LogP contribution in [0.3, 0.4) is 0 Å². The molecule has 0 saturated carbocycles. The van der Waals surface area contributed by atoms with Crippen molar-refractivity contribution >= 4 is 0 Å². The van der Waals surface area contributed by atoms with Gasteiger partial charge in [-0.15, -0.1) is 0 Å². The molecule has 0 aliphatic heterocycles. The lowest BCUT2D eigenvalue weighted by Gasteiger charge is -2.23. The SMILES string of the molecule is COc1ccc(C(Cc2ccccc2)NC[C@H](O)COc2ccccc2O)cc1OC. The van der Waals surface area contributed by atoms with Crippen LogP contribution in [0.1, 0.15) is 17.2 Å². The summed E-state index contributed by atoms with van der Waals surface area (Å²) in [5.41, 5.74) is 2.20. The number of para-hydroxylation sites is 2. The van der Waals surface area contributed by atoms with Gasteiger partial charge in [-0.25, -0.2) is 0 Å². The number of aromatic hydroxyl groups is 1. The van der Waals surface area contributed by atoms with Crippen molar-refractivity contribution in [3.63, 3.8) is 0 Å². The van der Waals surface area contributed by atoms with Gasteiger partial charge in [0.2, 0.25) is 0 Å². The molecule has 0 bridgehead atoms. The smallest absolute Gasteiger partial charge is 0.161 e. The van der Waals surface area contributed by atoms with Gasteiger partial charge in [-0.2, -0.15) is 0 Å². The van der Waals surface area contributed by atoms with Gasteiger partial charge in [0.25, 0.3) is 0 Å². The summed E-state index contributed by atoms with van der Waals surface area (Å²) in [7, 11) is 3.22. The Hall–Kier alpha value is -3.22. The van der Waals surface area contributed by atoms with E-state index in [1.165, 1.54) is 5.56 Å². The van der Waals surface area contributed by atoms with Crippen LogP contribution in [0, 0.1) is 0 Å². The molecular weight excluding hydrogens is 394 g/mol. The topological polar surface area (TPSA) is 80.2 Å². The second kappa shape index (κ2) is 11.2. The van der Waals surface area contributed by atoms with Crippen LogP contribution in [0.5, 0.6) is 23.0 Å². The molecular formula is C25H29NO5. The molecule has 0 aliphatic carbocycles. The highest BCUT2D eigenvalue weighted by Gasteiger charge is 2.17. The minimum atomic E-state index is -0.752. The van der Waals surface area contributed by atoms with E-state index in [0.29, 0.717) is 23.8 Å². The van der Waals surface area contributed by atoms with Crippen LogP contribution in [0.4, 0.5) is 0 Å². The zero-order valence-corrected chi connectivity index (χ0v) is 17.8. The molecule has 3 aromatic rings. The second-order valence-electron chi connectivity index (χ2n) is 7.20. The Morgan fingerprint density at radius 1 is 0.839 bits per heavy atom. The van der Waals surface area contributed by atoms with Gasteiger partial charge in [0, 0.05) is 12.6 Å². The first-order chi connectivity index (χ1) is 15.1. The van der Waals surface area contributed by atoms with Gasteiger partial charge in [-0.1, -0.05) is 48.5 Å². The number of rotatable bonds is 11. The van der Waals surface area contributed by atoms with Crippen LogP contribution in [0.15, 0.2) is 72.8 Å². The third-order valence-corrected chi connectivity index (χ3v) is 4.99. The monoisotopic (exact) mass is 423 g/mol. The van der Waals surface area contributed by atoms with E-state index in [2.05, 4.69) is 17.4 Å². The number of aliphatic hydroxyl groups excluding tert-OH is 1. The third-order valence-electron chi connectivity index (χ3n) is 4.99. The summed E-state index contributed by atoms with van der Waals surface area (Å²) in [5.74, 6) is 1.72. The lowest BCUT2D eigenvalue weighted by molar-refractivity contribution is 0.102. The van der Waals surface area contributed by atoms with Crippen LogP contribution >= 0.6 is 0 Å². The van der Waals surface area contributed by atoms with Gasteiger partial charge >= 0.3 is 0 Å². The molecule has 6 nitrogen and oxygen atoms in total. The van der Waals surface area contributed by atoms with E-state index in [-0.39, 0.29) is 18.4 Å². The van der Waals surface area contributed by atoms with Gasteiger partial charge in [-0.05, 0) is 41.8 Å². The minimum absolute atomic E-state index is 0.0509. The van der Waals surface area contributed by atoms with Crippen molar-refractivity contribution in [3.8, 4) is 23.0 Å². The standard InChI is InChI=1S/C25H29NO5/c1-29-24-13-12-19(15-25(24)30-2)21(14-18-8-4-3-5-9-18)26-16-20(27)17-31-23-11-7-6-10-22(23)28/h3-13,15,20-21,26-28H,14,16-17H2,1-2H3/t20-,21?/m0/s1. The van der Waals surface area contributed by atoms with Crippen LogP contribution in [-0.2, 0) is 6.42 Å². The van der Waals surface area contributed by atoms with Gasteiger partial charge in [0.1, 0.15) is 12.7 Å². The lowest BCUT2D eigenvalue weighted by atomic mass is 9.98. The lowest BCUT2D eigenvalue weighted by Crippen LogP contribution is -2.34. The minimum Gasteiger partial charge on any atom is -0.504 e. The molecule has 0 saturated heterocycles. The van der Waals surface area contributed by atoms with Crippen molar-refractivity contribution < 1.29 is 24.4 Å². The van der Waals surface area contributed by atoms with E-state index in [0.717, 1.165) is 12.0 Å². The van der Waals surface area contributed by atoms with Crippen LogP contribution in [0.25, 0.3) is 0 Å². The number of benzene rings is 3. The van der Waals surface area contributed by atoms with E-state index in [1.807, 2.05) is 36.4 Å². The maximum absolute atomic E-state index is 10.4. The summed E-state index contributed by atoms with van der Waals surface area (Å²) in [6.45, 7) is 0.383. The predicted molar refractivity (Wildman–Crippen MR) is 120 cm³/mol. The predicted octanol–water partition coefficient (Wildman–Crippen LogP) is 3.72. The Kier molecular flexibility index (Phi) is 8.15. The molecule has 6 heteroatoms. The summed E-state index contributed by atoms with van der Waals surface area (Å²) in [6.07, 6.45) is -0.0124. The maximum Gasteiger partial charge on any atom is 0.161 e. The van der Waals surface area contributed by atoms with Crippen LogP contribution < -0.4 is 19.5 Å². The molecule has 0 fully saturated rings. The molecule has 0 aliphatic rings. The quantitative estimate of drug-likeness (QED) is 0.436. The summed E-state index contributed by atoms with van der Waals surface area (Å²) in [4.78, 5) is 0. The Morgan fingerprint density at radius 3 is 2.26 bits per heavy atom. The average Bonchev–Trinajstić information content (AvgIpc) is 2.81. The van der Waals surface area contributed by atoms with Crippen molar-refractivity contribution in [1.82, 2.24) is 5.32 Å². The molecule has 2 atom stereocenters. The van der Waals surface area contributed by atoms with Crippen molar-refractivity contribution in [2.24, 2.45) is 0 Å². The molecule has 0 aromatic heterocycles. The summed E-state index contributed by atoms with van der Waals surface area (Å²) >= 11 is 0.